The van der Waals surface area contributed by atoms with Gasteiger partial charge >= 0.3 is 6.85 Å². The van der Waals surface area contributed by atoms with E-state index in [9.17, 15) is 0 Å². The molecule has 2 aliphatic heterocycles. The molecule has 0 unspecified atom stereocenters. The molecule has 3 nitrogen and oxygen atoms in total. The maximum atomic E-state index is 5.40. The third-order valence-electron chi connectivity index (χ3n) is 14.3. The molecule has 300 valence electrons. The second-order valence-electron chi connectivity index (χ2n) is 17.7. The summed E-state index contributed by atoms with van der Waals surface area (Å²) >= 11 is 0. The minimum atomic E-state index is -0.413. The number of hydrogen-bond acceptors (Lipinski definition) is 3. The van der Waals surface area contributed by atoms with Crippen LogP contribution in [0.3, 0.4) is 0 Å². The van der Waals surface area contributed by atoms with Crippen LogP contribution in [0.4, 0.5) is 5.69 Å². The van der Waals surface area contributed by atoms with Gasteiger partial charge in [-0.3, -0.25) is 0 Å². The van der Waals surface area contributed by atoms with E-state index in [2.05, 4.69) is 235 Å². The standard InChI is InChI=1S/C61H38BN3/c1-2-15-39(16-3-1)42-19-14-20-43(33-42)57-36-58(44-30-29-40-17-4-5-18-41(40)34-44)64-60(63-57)45-31-32-56-50(35-45)49-24-9-13-28-59(49)65-38-51-48-23-8-12-27-54(48)61(55(51)37-62(56)65)52-25-10-6-21-46(52)47-22-7-11-26-53(47)61/h1-38H. The van der Waals surface area contributed by atoms with Crippen molar-refractivity contribution < 1.29 is 0 Å². The van der Waals surface area contributed by atoms with Crippen LogP contribution in [0.2, 0.25) is 0 Å². The van der Waals surface area contributed by atoms with Crippen LogP contribution in [-0.4, -0.2) is 16.8 Å². The Morgan fingerprint density at radius 3 is 1.74 bits per heavy atom. The van der Waals surface area contributed by atoms with Crippen molar-refractivity contribution in [3.63, 3.8) is 0 Å². The summed E-state index contributed by atoms with van der Waals surface area (Å²) in [4.78, 5) is 13.3. The zero-order chi connectivity index (χ0) is 42.6. The maximum absolute atomic E-state index is 5.40. The van der Waals surface area contributed by atoms with Gasteiger partial charge in [-0.25, -0.2) is 9.97 Å². The van der Waals surface area contributed by atoms with E-state index in [-0.39, 0.29) is 6.85 Å². The zero-order valence-electron chi connectivity index (χ0n) is 35.4. The maximum Gasteiger partial charge on any atom is 0.321 e. The van der Waals surface area contributed by atoms with Gasteiger partial charge in [0.2, 0.25) is 0 Å². The summed E-state index contributed by atoms with van der Waals surface area (Å²) in [5, 5.41) is 2.39. The number of para-hydroxylation sites is 1. The number of allylic oxidation sites excluding steroid dienone is 2. The van der Waals surface area contributed by atoms with Gasteiger partial charge in [-0.2, -0.15) is 0 Å². The van der Waals surface area contributed by atoms with Crippen molar-refractivity contribution in [2.75, 3.05) is 4.81 Å². The average molecular weight is 824 g/mol. The quantitative estimate of drug-likeness (QED) is 0.166. The first-order valence-electron chi connectivity index (χ1n) is 22.5. The second-order valence-corrected chi connectivity index (χ2v) is 17.7. The van der Waals surface area contributed by atoms with Gasteiger partial charge in [0, 0.05) is 39.7 Å². The predicted octanol–water partition coefficient (Wildman–Crippen LogP) is 13.8. The van der Waals surface area contributed by atoms with E-state index >= 15 is 0 Å². The summed E-state index contributed by atoms with van der Waals surface area (Å²) in [5.74, 6) is 3.28. The summed E-state index contributed by atoms with van der Waals surface area (Å²) < 4.78 is 0. The molecular formula is C61H38BN3. The number of fused-ring (bicyclic) bond motifs is 17. The smallest absolute Gasteiger partial charge is 0.321 e. The third-order valence-corrected chi connectivity index (χ3v) is 14.3. The highest BCUT2D eigenvalue weighted by Gasteiger charge is 2.55. The third kappa shape index (κ3) is 5.25. The Balaban J connectivity index is 0.957. The summed E-state index contributed by atoms with van der Waals surface area (Å²) in [5.41, 5.74) is 22.3. The van der Waals surface area contributed by atoms with Crippen LogP contribution in [0.1, 0.15) is 22.3 Å². The molecule has 0 fully saturated rings. The number of rotatable bonds is 4. The van der Waals surface area contributed by atoms with Crippen LogP contribution in [0, 0.1) is 0 Å². The Kier molecular flexibility index (Phi) is 7.70. The number of anilines is 1. The Bertz CT molecular complexity index is 3650. The molecular weight excluding hydrogens is 786 g/mol. The van der Waals surface area contributed by atoms with Crippen LogP contribution in [0.5, 0.6) is 0 Å². The van der Waals surface area contributed by atoms with Crippen molar-refractivity contribution >= 4 is 34.3 Å². The minimum absolute atomic E-state index is 0.0278. The van der Waals surface area contributed by atoms with Crippen molar-refractivity contribution in [2.24, 2.45) is 0 Å². The van der Waals surface area contributed by atoms with Crippen molar-refractivity contribution in [1.82, 2.24) is 9.97 Å². The van der Waals surface area contributed by atoms with Gasteiger partial charge in [-0.1, -0.05) is 194 Å². The average Bonchev–Trinajstić information content (AvgIpc) is 3.85. The molecule has 0 saturated carbocycles. The first kappa shape index (κ1) is 36.2. The van der Waals surface area contributed by atoms with Gasteiger partial charge < -0.3 is 4.81 Å². The number of aromatic nitrogens is 2. The zero-order valence-corrected chi connectivity index (χ0v) is 35.4. The molecule has 0 saturated heterocycles. The molecule has 4 heteroatoms. The monoisotopic (exact) mass is 823 g/mol. The fourth-order valence-corrected chi connectivity index (χ4v) is 11.4. The predicted molar refractivity (Wildman–Crippen MR) is 269 cm³/mol. The van der Waals surface area contributed by atoms with Crippen LogP contribution in [-0.2, 0) is 5.41 Å². The highest BCUT2D eigenvalue weighted by molar-refractivity contribution is 6.84. The first-order valence-corrected chi connectivity index (χ1v) is 22.5. The Morgan fingerprint density at radius 2 is 0.969 bits per heavy atom. The topological polar surface area (TPSA) is 29.0 Å². The molecule has 2 aliphatic carbocycles. The summed E-state index contributed by atoms with van der Waals surface area (Å²) in [6.07, 6.45) is 2.44. The lowest BCUT2D eigenvalue weighted by Crippen LogP contribution is -2.50. The van der Waals surface area contributed by atoms with Crippen LogP contribution < -0.4 is 10.3 Å². The largest absolute Gasteiger partial charge is 0.382 e. The molecule has 10 aromatic rings. The van der Waals surface area contributed by atoms with Crippen molar-refractivity contribution in [3.8, 4) is 67.3 Å². The van der Waals surface area contributed by atoms with E-state index in [1.54, 1.807) is 0 Å². The van der Waals surface area contributed by atoms with Gasteiger partial charge in [0.15, 0.2) is 5.82 Å². The Labute approximate surface area is 378 Å². The van der Waals surface area contributed by atoms with Crippen molar-refractivity contribution in [1.29, 1.82) is 0 Å². The Hall–Kier alpha value is -8.34. The molecule has 9 aromatic carbocycles. The van der Waals surface area contributed by atoms with Crippen LogP contribution in [0.15, 0.2) is 236 Å². The number of nitrogens with zero attached hydrogens (tertiary/aromatic N) is 3. The molecule has 1 spiro atoms. The molecule has 1 aromatic heterocycles. The molecule has 0 bridgehead atoms. The lowest BCUT2D eigenvalue weighted by Gasteiger charge is -2.40. The summed E-state index contributed by atoms with van der Waals surface area (Å²) in [6.45, 7) is -0.0278. The molecule has 0 N–H and O–H groups in total. The van der Waals surface area contributed by atoms with Gasteiger partial charge in [-0.15, -0.1) is 0 Å². The lowest BCUT2D eigenvalue weighted by atomic mass is 9.47. The molecule has 65 heavy (non-hydrogen) atoms. The van der Waals surface area contributed by atoms with Crippen molar-refractivity contribution in [3.05, 3.63) is 258 Å². The minimum Gasteiger partial charge on any atom is -0.382 e. The highest BCUT2D eigenvalue weighted by atomic mass is 15.1. The van der Waals surface area contributed by atoms with Crippen molar-refractivity contribution in [2.45, 2.75) is 5.41 Å². The molecule has 0 radical (unpaired) electrons. The fraction of sp³-hybridized carbons (Fsp3) is 0.0164. The van der Waals surface area contributed by atoms with E-state index in [1.807, 2.05) is 0 Å². The molecule has 0 amide bonds. The molecule has 14 rings (SSSR count). The van der Waals surface area contributed by atoms with E-state index in [4.69, 9.17) is 9.97 Å². The van der Waals surface area contributed by atoms with Gasteiger partial charge in [-0.05, 0) is 102 Å². The lowest BCUT2D eigenvalue weighted by molar-refractivity contribution is 0.795. The summed E-state index contributed by atoms with van der Waals surface area (Å²) in [7, 11) is 0. The van der Waals surface area contributed by atoms with Crippen LogP contribution in [0.25, 0.3) is 83.6 Å². The van der Waals surface area contributed by atoms with E-state index in [0.29, 0.717) is 5.82 Å². The normalized spacial score (nSPS) is 14.4. The fourth-order valence-electron chi connectivity index (χ4n) is 11.4. The first-order chi connectivity index (χ1) is 32.2. The van der Waals surface area contributed by atoms with Gasteiger partial charge in [0.25, 0.3) is 0 Å². The molecule has 3 heterocycles. The SMILES string of the molecule is C1=C2C(=CB3c4ccc(-c5nc(-c6cccc(-c7ccccc7)c6)cc(-c6ccc7ccccc7c6)n5)cc4-c4ccccc4N13)C1(c3ccccc32)c2ccccc2-c2ccccc21. The van der Waals surface area contributed by atoms with E-state index in [0.717, 1.165) is 33.6 Å². The number of benzene rings is 9. The van der Waals surface area contributed by atoms with Gasteiger partial charge in [0.1, 0.15) is 0 Å². The Morgan fingerprint density at radius 1 is 0.385 bits per heavy atom. The van der Waals surface area contributed by atoms with E-state index < -0.39 is 5.41 Å². The number of hydrogen-bond donors (Lipinski definition) is 0. The second kappa shape index (κ2) is 13.8. The highest BCUT2D eigenvalue weighted by Crippen LogP contribution is 2.64. The van der Waals surface area contributed by atoms with Gasteiger partial charge in [0.05, 0.1) is 16.8 Å². The van der Waals surface area contributed by atoms with E-state index in [1.165, 1.54) is 83.1 Å². The molecule has 4 aliphatic rings. The summed E-state index contributed by atoms with van der Waals surface area (Å²) in [6, 6.07) is 79.6. The molecule has 0 atom stereocenters. The van der Waals surface area contributed by atoms with Crippen LogP contribution >= 0.6 is 0 Å².